The Morgan fingerprint density at radius 1 is 1.12 bits per heavy atom. The van der Waals surface area contributed by atoms with Gasteiger partial charge in [-0.05, 0) is 42.7 Å². The number of halogens is 3. The van der Waals surface area contributed by atoms with Crippen molar-refractivity contribution in [2.45, 2.75) is 43.6 Å². The number of aromatic nitrogens is 2. The summed E-state index contributed by atoms with van der Waals surface area (Å²) in [6.07, 6.45) is 3.15. The maximum Gasteiger partial charge on any atom is 0.274 e. The van der Waals surface area contributed by atoms with Gasteiger partial charge in [0.05, 0.1) is 6.04 Å². The molecule has 1 spiro atoms. The van der Waals surface area contributed by atoms with E-state index in [0.29, 0.717) is 55.7 Å². The van der Waals surface area contributed by atoms with E-state index in [-0.39, 0.29) is 17.0 Å². The first kappa shape index (κ1) is 21.5. The highest BCUT2D eigenvalue weighted by atomic mass is 35.5. The lowest BCUT2D eigenvalue weighted by Gasteiger charge is -2.37. The van der Waals surface area contributed by atoms with Gasteiger partial charge in [-0.25, -0.2) is 13.8 Å². The molecule has 5 heterocycles. The number of imidazole rings is 1. The first-order valence-corrected chi connectivity index (χ1v) is 11.6. The third kappa shape index (κ3) is 3.21. The molecule has 34 heavy (non-hydrogen) atoms. The van der Waals surface area contributed by atoms with Gasteiger partial charge in [0.15, 0.2) is 16.4 Å². The second-order valence-electron chi connectivity index (χ2n) is 9.05. The molecule has 2 aromatic heterocycles. The highest BCUT2D eigenvalue weighted by Gasteiger charge is 2.58. The second-order valence-corrected chi connectivity index (χ2v) is 9.41. The zero-order valence-corrected chi connectivity index (χ0v) is 18.8. The number of carbonyl (C=O) groups is 2. The molecule has 0 radical (unpaired) electrons. The van der Waals surface area contributed by atoms with Crippen LogP contribution in [-0.4, -0.2) is 55.9 Å². The van der Waals surface area contributed by atoms with Crippen LogP contribution >= 0.6 is 11.6 Å². The molecule has 0 saturated carbocycles. The molecule has 3 aliphatic heterocycles. The van der Waals surface area contributed by atoms with Crippen LogP contribution in [0, 0.1) is 11.6 Å². The van der Waals surface area contributed by atoms with E-state index >= 15 is 0 Å². The summed E-state index contributed by atoms with van der Waals surface area (Å²) in [5.41, 5.74) is 0.276. The van der Waals surface area contributed by atoms with Gasteiger partial charge in [0.1, 0.15) is 23.5 Å². The van der Waals surface area contributed by atoms with Crippen LogP contribution in [0.3, 0.4) is 0 Å². The van der Waals surface area contributed by atoms with Gasteiger partial charge in [0.25, 0.3) is 11.8 Å². The van der Waals surface area contributed by atoms with Crippen LogP contribution < -0.4 is 0 Å². The molecule has 3 aromatic rings. The van der Waals surface area contributed by atoms with Crippen molar-refractivity contribution in [1.82, 2.24) is 19.2 Å². The lowest BCUT2D eigenvalue weighted by Crippen LogP contribution is -2.51. The van der Waals surface area contributed by atoms with Crippen LogP contribution in [0.2, 0.25) is 5.15 Å². The van der Waals surface area contributed by atoms with E-state index < -0.39 is 29.5 Å². The number of carbonyl (C=O) groups excluding carboxylic acids is 2. The molecule has 3 saturated heterocycles. The summed E-state index contributed by atoms with van der Waals surface area (Å²) in [6.45, 7) is 0.640. The topological polar surface area (TPSA) is 67.2 Å². The summed E-state index contributed by atoms with van der Waals surface area (Å²) in [5.74, 6) is -1.76. The number of pyridine rings is 1. The lowest BCUT2D eigenvalue weighted by atomic mass is 9.89. The normalized spacial score (nSPS) is 23.8. The lowest BCUT2D eigenvalue weighted by molar-refractivity contribution is -0.142. The maximum absolute atomic E-state index is 13.8. The van der Waals surface area contributed by atoms with E-state index in [1.54, 1.807) is 32.5 Å². The molecular weight excluding hydrogens is 466 g/mol. The quantitative estimate of drug-likeness (QED) is 0.550. The van der Waals surface area contributed by atoms with Crippen molar-refractivity contribution in [1.29, 1.82) is 0 Å². The number of rotatable bonds is 2. The Balaban J connectivity index is 1.21. The number of hydrogen-bond donors (Lipinski definition) is 0. The highest BCUT2D eigenvalue weighted by Crippen LogP contribution is 2.47. The van der Waals surface area contributed by atoms with Gasteiger partial charge in [-0.3, -0.25) is 14.0 Å². The van der Waals surface area contributed by atoms with Crippen LogP contribution in [0.25, 0.3) is 5.65 Å². The highest BCUT2D eigenvalue weighted by molar-refractivity contribution is 6.32. The Morgan fingerprint density at radius 3 is 2.59 bits per heavy atom. The smallest absolute Gasteiger partial charge is 0.274 e. The number of piperidine rings is 1. The fraction of sp³-hybridized carbons (Fsp3) is 0.375. The fourth-order valence-electron chi connectivity index (χ4n) is 5.52. The largest absolute Gasteiger partial charge is 0.342 e. The number of amides is 2. The molecule has 3 aliphatic rings. The van der Waals surface area contributed by atoms with Crippen molar-refractivity contribution in [3.05, 3.63) is 70.6 Å². The van der Waals surface area contributed by atoms with Gasteiger partial charge in [-0.2, -0.15) is 0 Å². The molecular formula is C24H21ClF2N4O3. The number of likely N-dealkylation sites (tertiary alicyclic amines) is 1. The Labute approximate surface area is 198 Å². The summed E-state index contributed by atoms with van der Waals surface area (Å²) in [4.78, 5) is 34.3. The first-order chi connectivity index (χ1) is 16.4. The zero-order chi connectivity index (χ0) is 23.6. The maximum atomic E-state index is 13.8. The predicted molar refractivity (Wildman–Crippen MR) is 118 cm³/mol. The minimum Gasteiger partial charge on any atom is -0.342 e. The third-order valence-electron chi connectivity index (χ3n) is 7.14. The first-order valence-electron chi connectivity index (χ1n) is 11.2. The van der Waals surface area contributed by atoms with Gasteiger partial charge in [-0.1, -0.05) is 17.7 Å². The molecule has 2 atom stereocenters. The van der Waals surface area contributed by atoms with E-state index in [0.717, 1.165) is 6.07 Å². The Kier molecular flexibility index (Phi) is 4.90. The van der Waals surface area contributed by atoms with E-state index in [1.807, 2.05) is 6.07 Å². The monoisotopic (exact) mass is 486 g/mol. The standard InChI is InChI=1S/C24H21ClF2N4O3/c25-21-20(30-8-2-1-3-18(30)28-21)22(32)29-9-6-24(7-10-29)23(33)31-17(4-5-19(31)34-24)14-11-15(26)13-16(27)12-14/h1-3,8,11-13,17,19H,4-7,9-10H2. The van der Waals surface area contributed by atoms with Crippen molar-refractivity contribution < 1.29 is 23.1 Å². The van der Waals surface area contributed by atoms with Crippen molar-refractivity contribution in [3.8, 4) is 0 Å². The van der Waals surface area contributed by atoms with Crippen LogP contribution in [-0.2, 0) is 9.53 Å². The van der Waals surface area contributed by atoms with Gasteiger partial charge in [-0.15, -0.1) is 0 Å². The zero-order valence-electron chi connectivity index (χ0n) is 18.1. The second kappa shape index (κ2) is 7.74. The SMILES string of the molecule is O=C(c1c(Cl)nc2ccccn12)N1CCC2(CC1)OC1CCC(c3cc(F)cc(F)c3)N1C2=O. The van der Waals surface area contributed by atoms with Crippen LogP contribution in [0.5, 0.6) is 0 Å². The Bertz CT molecular complexity index is 1300. The average Bonchev–Trinajstić information content (AvgIpc) is 3.44. The van der Waals surface area contributed by atoms with Crippen LogP contribution in [0.1, 0.15) is 47.8 Å². The molecule has 0 N–H and O–H groups in total. The summed E-state index contributed by atoms with van der Waals surface area (Å²) in [7, 11) is 0. The van der Waals surface area contributed by atoms with Crippen LogP contribution in [0.15, 0.2) is 42.6 Å². The van der Waals surface area contributed by atoms with E-state index in [9.17, 15) is 18.4 Å². The number of benzene rings is 1. The Hall–Kier alpha value is -3.04. The summed E-state index contributed by atoms with van der Waals surface area (Å²) in [6, 6.07) is 8.32. The molecule has 176 valence electrons. The van der Waals surface area contributed by atoms with Crippen molar-refractivity contribution >= 4 is 29.1 Å². The van der Waals surface area contributed by atoms with Crippen molar-refractivity contribution in [3.63, 3.8) is 0 Å². The third-order valence-corrected chi connectivity index (χ3v) is 7.40. The fourth-order valence-corrected chi connectivity index (χ4v) is 5.78. The summed E-state index contributed by atoms with van der Waals surface area (Å²) in [5, 5.41) is 0.135. The minimum absolute atomic E-state index is 0.135. The molecule has 0 aliphatic carbocycles. The minimum atomic E-state index is -1.03. The molecule has 1 aromatic carbocycles. The molecule has 7 nitrogen and oxygen atoms in total. The molecule has 2 amide bonds. The Morgan fingerprint density at radius 2 is 1.85 bits per heavy atom. The van der Waals surface area contributed by atoms with Crippen molar-refractivity contribution in [2.24, 2.45) is 0 Å². The number of ether oxygens (including phenoxy) is 1. The molecule has 0 bridgehead atoms. The van der Waals surface area contributed by atoms with E-state index in [1.165, 1.54) is 12.1 Å². The van der Waals surface area contributed by atoms with Crippen molar-refractivity contribution in [2.75, 3.05) is 13.1 Å². The number of hydrogen-bond acceptors (Lipinski definition) is 4. The molecule has 3 fully saturated rings. The number of nitrogens with zero attached hydrogens (tertiary/aromatic N) is 4. The summed E-state index contributed by atoms with van der Waals surface area (Å²) >= 11 is 6.27. The number of fused-ring (bicyclic) bond motifs is 2. The van der Waals surface area contributed by atoms with E-state index in [2.05, 4.69) is 4.98 Å². The van der Waals surface area contributed by atoms with E-state index in [4.69, 9.17) is 16.3 Å². The van der Waals surface area contributed by atoms with Gasteiger partial charge < -0.3 is 14.5 Å². The summed E-state index contributed by atoms with van der Waals surface area (Å²) < 4.78 is 35.5. The van der Waals surface area contributed by atoms with Gasteiger partial charge in [0.2, 0.25) is 0 Å². The molecule has 10 heteroatoms. The molecule has 2 unspecified atom stereocenters. The van der Waals surface area contributed by atoms with Gasteiger partial charge in [0, 0.05) is 38.2 Å². The van der Waals surface area contributed by atoms with Gasteiger partial charge >= 0.3 is 0 Å². The van der Waals surface area contributed by atoms with Crippen LogP contribution in [0.4, 0.5) is 8.78 Å². The molecule has 6 rings (SSSR count). The average molecular weight is 487 g/mol. The predicted octanol–water partition coefficient (Wildman–Crippen LogP) is 3.96.